The molecule has 6 rings (SSSR count). The minimum absolute atomic E-state index is 0.0730. The van der Waals surface area contributed by atoms with Crippen LogP contribution in [-0.4, -0.2) is 89.1 Å². The highest BCUT2D eigenvalue weighted by atomic mass is 32.2. The molecule has 0 saturated carbocycles. The summed E-state index contributed by atoms with van der Waals surface area (Å²) in [5.41, 5.74) is 3.85. The lowest BCUT2D eigenvalue weighted by Crippen LogP contribution is -2.58. The minimum atomic E-state index is -1.68. The van der Waals surface area contributed by atoms with Gasteiger partial charge in [0, 0.05) is 11.3 Å². The lowest BCUT2D eigenvalue weighted by molar-refractivity contribution is -0.147. The van der Waals surface area contributed by atoms with Gasteiger partial charge in [0.1, 0.15) is 12.1 Å². The zero-order valence-electron chi connectivity index (χ0n) is 26.4. The van der Waals surface area contributed by atoms with Gasteiger partial charge in [0.05, 0.1) is 31.1 Å². The Morgan fingerprint density at radius 2 is 1.87 bits per heavy atom. The number of hydrogen-bond acceptors (Lipinski definition) is 10. The Bertz CT molecular complexity index is 1470. The molecule has 3 amide bonds. The molecule has 3 saturated heterocycles. The highest BCUT2D eigenvalue weighted by molar-refractivity contribution is 8.00. The first-order valence-corrected chi connectivity index (χ1v) is 16.5. The van der Waals surface area contributed by atoms with Crippen molar-refractivity contribution in [3.05, 3.63) is 58.7 Å². The number of amides is 3. The van der Waals surface area contributed by atoms with Crippen LogP contribution >= 0.6 is 11.8 Å². The highest BCUT2D eigenvalue weighted by Gasteiger charge is 2.50. The van der Waals surface area contributed by atoms with Crippen LogP contribution in [0, 0.1) is 19.8 Å². The van der Waals surface area contributed by atoms with Gasteiger partial charge >= 0.3 is 6.09 Å². The van der Waals surface area contributed by atoms with E-state index in [1.165, 1.54) is 16.7 Å². The van der Waals surface area contributed by atoms with Crippen molar-refractivity contribution in [1.29, 1.82) is 0 Å². The molecule has 0 aliphatic carbocycles. The van der Waals surface area contributed by atoms with Gasteiger partial charge in [0.25, 0.3) is 5.91 Å². The summed E-state index contributed by atoms with van der Waals surface area (Å²) in [5.74, 6) is 0.278. The predicted molar refractivity (Wildman–Crippen MR) is 168 cm³/mol. The first-order chi connectivity index (χ1) is 22.0. The Hall–Kier alpha value is -3.52. The van der Waals surface area contributed by atoms with Gasteiger partial charge in [0.15, 0.2) is 23.9 Å². The SMILES string of the molecule is Cc1cccc(C)c1CNC(=O)[C@H]1N(C(=O)[C@@H](O)[C@H](Cc2ccc3c(c2)OCO3)NC(=O)O[C@@H]2CO[C@@H]3OCC[C@@H]32)CSC1(C)C. The van der Waals surface area contributed by atoms with E-state index in [0.717, 1.165) is 16.7 Å². The van der Waals surface area contributed by atoms with Crippen molar-refractivity contribution < 1.29 is 43.2 Å². The molecule has 0 aromatic heterocycles. The maximum absolute atomic E-state index is 14.0. The monoisotopic (exact) mass is 655 g/mol. The van der Waals surface area contributed by atoms with Crippen LogP contribution in [0.4, 0.5) is 4.79 Å². The second-order valence-electron chi connectivity index (χ2n) is 12.7. The van der Waals surface area contributed by atoms with E-state index in [0.29, 0.717) is 36.6 Å². The summed E-state index contributed by atoms with van der Waals surface area (Å²) in [5, 5.41) is 17.4. The summed E-state index contributed by atoms with van der Waals surface area (Å²) >= 11 is 1.46. The van der Waals surface area contributed by atoms with Crippen LogP contribution in [-0.2, 0) is 36.8 Å². The van der Waals surface area contributed by atoms with Gasteiger partial charge in [-0.25, -0.2) is 4.79 Å². The second kappa shape index (κ2) is 13.3. The smallest absolute Gasteiger partial charge is 0.407 e. The molecular weight excluding hydrogens is 614 g/mol. The maximum atomic E-state index is 14.0. The molecule has 4 heterocycles. The van der Waals surface area contributed by atoms with E-state index < -0.39 is 47.3 Å². The number of nitrogens with one attached hydrogen (secondary N) is 2. The summed E-state index contributed by atoms with van der Waals surface area (Å²) < 4.78 is 27.1. The number of benzene rings is 2. The first-order valence-electron chi connectivity index (χ1n) is 15.6. The molecule has 4 aliphatic heterocycles. The van der Waals surface area contributed by atoms with Crippen molar-refractivity contribution in [2.75, 3.05) is 25.9 Å². The molecule has 0 radical (unpaired) electrons. The predicted octanol–water partition coefficient (Wildman–Crippen LogP) is 2.79. The topological polar surface area (TPSA) is 145 Å². The molecule has 0 unspecified atom stereocenters. The summed E-state index contributed by atoms with van der Waals surface area (Å²) in [6.07, 6.45) is -2.57. The van der Waals surface area contributed by atoms with Crippen LogP contribution in [0.1, 0.15) is 42.5 Å². The molecule has 6 atom stereocenters. The van der Waals surface area contributed by atoms with Crippen LogP contribution in [0.3, 0.4) is 0 Å². The molecule has 248 valence electrons. The molecule has 2 aromatic carbocycles. The van der Waals surface area contributed by atoms with Gasteiger partial charge in [-0.1, -0.05) is 24.3 Å². The lowest BCUT2D eigenvalue weighted by Gasteiger charge is -2.33. The zero-order valence-corrected chi connectivity index (χ0v) is 27.3. The van der Waals surface area contributed by atoms with Crippen LogP contribution < -0.4 is 20.1 Å². The fourth-order valence-corrected chi connectivity index (χ4v) is 7.73. The van der Waals surface area contributed by atoms with E-state index in [1.54, 1.807) is 18.2 Å². The van der Waals surface area contributed by atoms with E-state index >= 15 is 0 Å². The molecule has 2 aromatic rings. The zero-order chi connectivity index (χ0) is 32.6. The number of thioether (sulfide) groups is 1. The minimum Gasteiger partial charge on any atom is -0.454 e. The van der Waals surface area contributed by atoms with E-state index in [1.807, 2.05) is 45.9 Å². The fourth-order valence-electron chi connectivity index (χ4n) is 6.59. The molecule has 3 N–H and O–H groups in total. The highest BCUT2D eigenvalue weighted by Crippen LogP contribution is 2.40. The van der Waals surface area contributed by atoms with Gasteiger partial charge in [0.2, 0.25) is 12.7 Å². The van der Waals surface area contributed by atoms with Crippen LogP contribution in [0.15, 0.2) is 36.4 Å². The Morgan fingerprint density at radius 1 is 1.11 bits per heavy atom. The summed E-state index contributed by atoms with van der Waals surface area (Å²) in [7, 11) is 0. The standard InChI is InChI=1S/C33H41N3O9S/c1-18-6-5-7-19(2)22(18)14-34-29(38)28-33(3,4)46-16-36(28)30(39)27(37)23(12-20-8-9-24-25(13-20)44-17-43-24)35-32(40)45-26-15-42-31-21(26)10-11-41-31/h5-9,13,21,23,26-28,31,37H,10-12,14-17H2,1-4H3,(H,34,38)(H,35,40)/t21-,23+,26-,27+,28-,31+/m1/s1. The molecule has 13 heteroatoms. The third-order valence-electron chi connectivity index (χ3n) is 9.23. The normalized spacial score (nSPS) is 25.5. The number of carbonyl (C=O) groups is 3. The molecule has 12 nitrogen and oxygen atoms in total. The third-order valence-corrected chi connectivity index (χ3v) is 10.6. The van der Waals surface area contributed by atoms with Crippen molar-refractivity contribution in [2.45, 2.75) is 82.4 Å². The van der Waals surface area contributed by atoms with Gasteiger partial charge in [-0.3, -0.25) is 9.59 Å². The first kappa shape index (κ1) is 32.4. The molecule has 4 aliphatic rings. The van der Waals surface area contributed by atoms with E-state index in [4.69, 9.17) is 23.7 Å². The molecular formula is C33H41N3O9S. The van der Waals surface area contributed by atoms with Gasteiger partial charge < -0.3 is 44.3 Å². The van der Waals surface area contributed by atoms with Crippen molar-refractivity contribution in [3.8, 4) is 11.5 Å². The Kier molecular flexibility index (Phi) is 9.38. The molecule has 0 spiro atoms. The fraction of sp³-hybridized carbons (Fsp3) is 0.545. The number of rotatable bonds is 9. The Morgan fingerprint density at radius 3 is 2.65 bits per heavy atom. The summed E-state index contributed by atoms with van der Waals surface area (Å²) in [4.78, 5) is 42.3. The van der Waals surface area contributed by atoms with Crippen molar-refractivity contribution in [2.24, 2.45) is 5.92 Å². The number of nitrogens with zero attached hydrogens (tertiary/aromatic N) is 1. The average Bonchev–Trinajstić information content (AvgIpc) is 3.81. The maximum Gasteiger partial charge on any atom is 0.407 e. The number of hydrogen-bond donors (Lipinski definition) is 3. The van der Waals surface area contributed by atoms with Crippen molar-refractivity contribution in [3.63, 3.8) is 0 Å². The van der Waals surface area contributed by atoms with Crippen LogP contribution in [0.2, 0.25) is 0 Å². The number of carbonyl (C=O) groups excluding carboxylic acids is 3. The quantitative estimate of drug-likeness (QED) is 0.369. The summed E-state index contributed by atoms with van der Waals surface area (Å²) in [6.45, 7) is 8.95. The molecule has 0 bridgehead atoms. The number of aryl methyl sites for hydroxylation is 2. The number of fused-ring (bicyclic) bond motifs is 2. The largest absolute Gasteiger partial charge is 0.454 e. The van der Waals surface area contributed by atoms with Crippen molar-refractivity contribution >= 4 is 29.7 Å². The Labute approximate surface area is 272 Å². The summed E-state index contributed by atoms with van der Waals surface area (Å²) in [6, 6.07) is 9.31. The van der Waals surface area contributed by atoms with Crippen molar-refractivity contribution in [1.82, 2.24) is 15.5 Å². The average molecular weight is 656 g/mol. The van der Waals surface area contributed by atoms with E-state index in [9.17, 15) is 19.5 Å². The number of aliphatic hydroxyl groups is 1. The Balaban J connectivity index is 1.19. The van der Waals surface area contributed by atoms with Gasteiger partial charge in [-0.05, 0) is 74.9 Å². The third kappa shape index (κ3) is 6.64. The van der Waals surface area contributed by atoms with E-state index in [2.05, 4.69) is 10.6 Å². The molecule has 46 heavy (non-hydrogen) atoms. The number of aliphatic hydroxyl groups excluding tert-OH is 1. The second-order valence-corrected chi connectivity index (χ2v) is 14.3. The molecule has 3 fully saturated rings. The van der Waals surface area contributed by atoms with Crippen LogP contribution in [0.25, 0.3) is 0 Å². The number of alkyl carbamates (subject to hydrolysis) is 1. The van der Waals surface area contributed by atoms with Gasteiger partial charge in [-0.2, -0.15) is 0 Å². The van der Waals surface area contributed by atoms with Gasteiger partial charge in [-0.15, -0.1) is 11.8 Å². The lowest BCUT2D eigenvalue weighted by atomic mass is 9.96. The van der Waals surface area contributed by atoms with Crippen LogP contribution in [0.5, 0.6) is 11.5 Å². The number of ether oxygens (including phenoxy) is 5. The van der Waals surface area contributed by atoms with E-state index in [-0.39, 0.29) is 37.5 Å².